The van der Waals surface area contributed by atoms with Crippen LogP contribution in [-0.2, 0) is 11.3 Å². The van der Waals surface area contributed by atoms with E-state index in [4.69, 9.17) is 5.73 Å². The Morgan fingerprint density at radius 2 is 2.28 bits per heavy atom. The monoisotopic (exact) mass is 267 g/mol. The van der Waals surface area contributed by atoms with Gasteiger partial charge in [0.15, 0.2) is 0 Å². The topological polar surface area (TPSA) is 68.0 Å². The summed E-state index contributed by atoms with van der Waals surface area (Å²) in [6.45, 7) is 2.55. The predicted octanol–water partition coefficient (Wildman–Crippen LogP) is 1.98. The third kappa shape index (κ3) is 3.53. The predicted molar refractivity (Wildman–Crippen MR) is 73.2 cm³/mol. The number of nitrogens with two attached hydrogens (primary N) is 1. The summed E-state index contributed by atoms with van der Waals surface area (Å²) in [7, 11) is 0. The fourth-order valence-corrected chi connectivity index (χ4v) is 3.19. The molecule has 1 fully saturated rings. The van der Waals surface area contributed by atoms with Crippen molar-refractivity contribution in [2.45, 2.75) is 51.6 Å². The molecule has 0 radical (unpaired) electrons. The van der Waals surface area contributed by atoms with E-state index in [9.17, 15) is 4.79 Å². The van der Waals surface area contributed by atoms with Gasteiger partial charge in [0.05, 0.1) is 17.5 Å². The molecule has 100 valence electrons. The van der Waals surface area contributed by atoms with E-state index >= 15 is 0 Å². The van der Waals surface area contributed by atoms with Gasteiger partial charge in [-0.25, -0.2) is 4.98 Å². The quantitative estimate of drug-likeness (QED) is 0.823. The van der Waals surface area contributed by atoms with Gasteiger partial charge >= 0.3 is 0 Å². The minimum absolute atomic E-state index is 0.0125. The van der Waals surface area contributed by atoms with Crippen molar-refractivity contribution in [3.63, 3.8) is 0 Å². The maximum atomic E-state index is 12.1. The third-order valence-electron chi connectivity index (χ3n) is 3.51. The molecule has 5 heteroatoms. The van der Waals surface area contributed by atoms with Crippen LogP contribution in [0.4, 0.5) is 0 Å². The van der Waals surface area contributed by atoms with Crippen LogP contribution in [0.25, 0.3) is 0 Å². The van der Waals surface area contributed by atoms with Gasteiger partial charge in [0, 0.05) is 17.1 Å². The van der Waals surface area contributed by atoms with E-state index in [-0.39, 0.29) is 17.9 Å². The molecule has 2 unspecified atom stereocenters. The molecule has 2 rings (SSSR count). The Morgan fingerprint density at radius 3 is 3.00 bits per heavy atom. The van der Waals surface area contributed by atoms with Crippen LogP contribution in [0.1, 0.15) is 42.0 Å². The van der Waals surface area contributed by atoms with Crippen LogP contribution in [0, 0.1) is 12.8 Å². The van der Waals surface area contributed by atoms with Crippen LogP contribution >= 0.6 is 11.3 Å². The second-order valence-electron chi connectivity index (χ2n) is 4.97. The fraction of sp³-hybridized carbons (Fsp3) is 0.692. The highest BCUT2D eigenvalue weighted by atomic mass is 32.1. The van der Waals surface area contributed by atoms with Crippen molar-refractivity contribution in [1.82, 2.24) is 10.3 Å². The molecule has 4 nitrogen and oxygen atoms in total. The molecule has 0 saturated heterocycles. The SMILES string of the molecule is Cc1ncc(CNC(=O)C2CCCCCC2N)s1. The standard InChI is InChI=1S/C13H21N3OS/c1-9-15-7-10(18-9)8-16-13(17)11-5-3-2-4-6-12(11)14/h7,11-12H,2-6,8,14H2,1H3,(H,16,17). The van der Waals surface area contributed by atoms with E-state index in [1.54, 1.807) is 11.3 Å². The van der Waals surface area contributed by atoms with E-state index in [0.717, 1.165) is 35.6 Å². The van der Waals surface area contributed by atoms with Crippen molar-refractivity contribution in [3.05, 3.63) is 16.1 Å². The molecule has 1 amide bonds. The Bertz CT molecular complexity index is 405. The van der Waals surface area contributed by atoms with E-state index in [1.165, 1.54) is 6.42 Å². The van der Waals surface area contributed by atoms with Gasteiger partial charge in [-0.1, -0.05) is 19.3 Å². The largest absolute Gasteiger partial charge is 0.351 e. The lowest BCUT2D eigenvalue weighted by Crippen LogP contribution is -2.40. The molecular formula is C13H21N3OS. The highest BCUT2D eigenvalue weighted by Crippen LogP contribution is 2.22. The Balaban J connectivity index is 1.86. The molecule has 3 N–H and O–H groups in total. The molecule has 2 atom stereocenters. The van der Waals surface area contributed by atoms with Gasteiger partial charge in [0.1, 0.15) is 0 Å². The summed E-state index contributed by atoms with van der Waals surface area (Å²) >= 11 is 1.62. The molecule has 1 heterocycles. The number of aromatic nitrogens is 1. The van der Waals surface area contributed by atoms with Crippen molar-refractivity contribution in [2.75, 3.05) is 0 Å². The van der Waals surface area contributed by atoms with Crippen LogP contribution in [0.15, 0.2) is 6.20 Å². The second kappa shape index (κ2) is 6.29. The fourth-order valence-electron chi connectivity index (χ4n) is 2.45. The molecule has 0 bridgehead atoms. The molecule has 1 aromatic heterocycles. The van der Waals surface area contributed by atoms with Crippen LogP contribution < -0.4 is 11.1 Å². The zero-order valence-electron chi connectivity index (χ0n) is 10.8. The summed E-state index contributed by atoms with van der Waals surface area (Å²) in [4.78, 5) is 17.4. The first-order chi connectivity index (χ1) is 8.66. The van der Waals surface area contributed by atoms with E-state index in [0.29, 0.717) is 6.54 Å². The molecular weight excluding hydrogens is 246 g/mol. The number of thiazole rings is 1. The number of carbonyl (C=O) groups is 1. The van der Waals surface area contributed by atoms with Crippen molar-refractivity contribution in [3.8, 4) is 0 Å². The van der Waals surface area contributed by atoms with Crippen molar-refractivity contribution in [2.24, 2.45) is 11.7 Å². The first-order valence-corrected chi connectivity index (χ1v) is 7.43. The zero-order valence-corrected chi connectivity index (χ0v) is 11.6. The number of amides is 1. The maximum absolute atomic E-state index is 12.1. The Hall–Kier alpha value is -0.940. The normalized spacial score (nSPS) is 24.6. The molecule has 1 saturated carbocycles. The number of nitrogens with zero attached hydrogens (tertiary/aromatic N) is 1. The molecule has 0 aromatic carbocycles. The number of aryl methyl sites for hydroxylation is 1. The lowest BCUT2D eigenvalue weighted by atomic mass is 9.94. The minimum atomic E-state index is -0.0125. The Morgan fingerprint density at radius 1 is 1.50 bits per heavy atom. The van der Waals surface area contributed by atoms with Gasteiger partial charge in [0.2, 0.25) is 5.91 Å². The van der Waals surface area contributed by atoms with Crippen LogP contribution in [0.3, 0.4) is 0 Å². The van der Waals surface area contributed by atoms with Crippen molar-refractivity contribution < 1.29 is 4.79 Å². The van der Waals surface area contributed by atoms with Gasteiger partial charge < -0.3 is 11.1 Å². The van der Waals surface area contributed by atoms with E-state index in [2.05, 4.69) is 10.3 Å². The minimum Gasteiger partial charge on any atom is -0.351 e. The summed E-state index contributed by atoms with van der Waals surface area (Å²) in [6.07, 6.45) is 7.19. The molecule has 1 aliphatic rings. The lowest BCUT2D eigenvalue weighted by molar-refractivity contribution is -0.125. The van der Waals surface area contributed by atoms with Gasteiger partial charge in [-0.05, 0) is 19.8 Å². The first kappa shape index (κ1) is 13.5. The summed E-state index contributed by atoms with van der Waals surface area (Å²) in [5, 5.41) is 4.02. The number of hydrogen-bond acceptors (Lipinski definition) is 4. The number of carbonyl (C=O) groups excluding carboxylic acids is 1. The number of nitrogens with one attached hydrogen (secondary N) is 1. The van der Waals surface area contributed by atoms with Crippen LogP contribution in [0.5, 0.6) is 0 Å². The molecule has 0 spiro atoms. The number of hydrogen-bond donors (Lipinski definition) is 2. The van der Waals surface area contributed by atoms with Gasteiger partial charge in [-0.2, -0.15) is 0 Å². The Labute approximate surface area is 112 Å². The molecule has 1 aliphatic carbocycles. The third-order valence-corrected chi connectivity index (χ3v) is 4.42. The highest BCUT2D eigenvalue weighted by molar-refractivity contribution is 7.11. The van der Waals surface area contributed by atoms with Crippen molar-refractivity contribution >= 4 is 17.2 Å². The zero-order chi connectivity index (χ0) is 13.0. The van der Waals surface area contributed by atoms with E-state index < -0.39 is 0 Å². The first-order valence-electron chi connectivity index (χ1n) is 6.61. The summed E-state index contributed by atoms with van der Waals surface area (Å²) < 4.78 is 0. The maximum Gasteiger partial charge on any atom is 0.224 e. The molecule has 1 aromatic rings. The summed E-state index contributed by atoms with van der Waals surface area (Å²) in [5.41, 5.74) is 6.08. The smallest absolute Gasteiger partial charge is 0.224 e. The van der Waals surface area contributed by atoms with Gasteiger partial charge in [-0.15, -0.1) is 11.3 Å². The van der Waals surface area contributed by atoms with E-state index in [1.807, 2.05) is 13.1 Å². The average Bonchev–Trinajstić information content (AvgIpc) is 2.64. The van der Waals surface area contributed by atoms with Crippen LogP contribution in [-0.4, -0.2) is 16.9 Å². The molecule has 0 aliphatic heterocycles. The van der Waals surface area contributed by atoms with Gasteiger partial charge in [-0.3, -0.25) is 4.79 Å². The Kier molecular flexibility index (Phi) is 4.72. The number of rotatable bonds is 3. The summed E-state index contributed by atoms with van der Waals surface area (Å²) in [5.74, 6) is 0.0944. The lowest BCUT2D eigenvalue weighted by Gasteiger charge is -2.20. The van der Waals surface area contributed by atoms with Gasteiger partial charge in [0.25, 0.3) is 0 Å². The molecule has 18 heavy (non-hydrogen) atoms. The average molecular weight is 267 g/mol. The second-order valence-corrected chi connectivity index (χ2v) is 6.29. The van der Waals surface area contributed by atoms with Crippen LogP contribution in [0.2, 0.25) is 0 Å². The summed E-state index contributed by atoms with van der Waals surface area (Å²) in [6, 6.07) is 0.0238. The highest BCUT2D eigenvalue weighted by Gasteiger charge is 2.26. The van der Waals surface area contributed by atoms with Crippen molar-refractivity contribution in [1.29, 1.82) is 0 Å².